The number of nitrogens with one attached hydrogen (secondary N) is 1. The fourth-order valence-corrected chi connectivity index (χ4v) is 4.97. The van der Waals surface area contributed by atoms with Gasteiger partial charge < -0.3 is 19.5 Å². The molecule has 3 aromatic rings. The molecule has 0 saturated carbocycles. The number of thiophene rings is 1. The molecule has 2 aromatic heterocycles. The minimum atomic E-state index is -1.000. The molecule has 0 aliphatic carbocycles. The average molecular weight is 446 g/mol. The van der Waals surface area contributed by atoms with E-state index < -0.39 is 5.54 Å². The summed E-state index contributed by atoms with van der Waals surface area (Å²) in [6.07, 6.45) is 0.664. The lowest BCUT2D eigenvalue weighted by molar-refractivity contribution is -0.133. The van der Waals surface area contributed by atoms with Crippen LogP contribution < -0.4 is 5.32 Å². The fraction of sp³-hybridized carbons (Fsp3) is 0.364. The van der Waals surface area contributed by atoms with E-state index in [1.807, 2.05) is 41.1 Å². The number of nitrogens with zero attached hydrogens (tertiary/aromatic N) is 2. The Morgan fingerprint density at radius 1 is 1.30 bits per heavy atom. The molecule has 4 rings (SSSR count). The zero-order valence-electron chi connectivity index (χ0n) is 17.0. The number of carbonyl (C=O) groups excluding carboxylic acids is 2. The largest absolute Gasteiger partial charge is 0.385 e. The number of amides is 2. The molecule has 1 aliphatic rings. The van der Waals surface area contributed by atoms with E-state index in [0.29, 0.717) is 43.4 Å². The maximum atomic E-state index is 13.4. The number of fused-ring (bicyclic) bond motifs is 3. The molecule has 1 N–H and O–H groups in total. The number of rotatable bonds is 7. The van der Waals surface area contributed by atoms with E-state index in [9.17, 15) is 9.59 Å². The summed E-state index contributed by atoms with van der Waals surface area (Å²) in [6.45, 7) is 3.62. The van der Waals surface area contributed by atoms with Gasteiger partial charge in [-0.15, -0.1) is 11.3 Å². The topological polar surface area (TPSA) is 63.6 Å². The molecular weight excluding hydrogens is 422 g/mol. The molecule has 2 amide bonds. The number of hydrogen-bond acceptors (Lipinski definition) is 4. The molecule has 1 aliphatic heterocycles. The fourth-order valence-electron chi connectivity index (χ4n) is 3.95. The Bertz CT molecular complexity index is 1080. The number of methoxy groups -OCH3 is 1. The first kappa shape index (κ1) is 20.9. The predicted molar refractivity (Wildman–Crippen MR) is 119 cm³/mol. The molecule has 8 heteroatoms. The minimum absolute atomic E-state index is 0.120. The summed E-state index contributed by atoms with van der Waals surface area (Å²) in [7, 11) is 1.63. The van der Waals surface area contributed by atoms with Gasteiger partial charge in [0.1, 0.15) is 16.1 Å². The first-order valence-electron chi connectivity index (χ1n) is 9.84. The maximum absolute atomic E-state index is 13.4. The Morgan fingerprint density at radius 3 is 2.80 bits per heavy atom. The summed E-state index contributed by atoms with van der Waals surface area (Å²) < 4.78 is 7.15. The van der Waals surface area contributed by atoms with Crippen molar-refractivity contribution in [2.75, 3.05) is 20.3 Å². The van der Waals surface area contributed by atoms with Crippen molar-refractivity contribution in [3.05, 3.63) is 58.1 Å². The number of halogens is 1. The van der Waals surface area contributed by atoms with Crippen LogP contribution in [0.2, 0.25) is 5.02 Å². The van der Waals surface area contributed by atoms with E-state index in [4.69, 9.17) is 16.3 Å². The standard InChI is InChI=1S/C22H24ClN3O3S/c1-22(21(28)24-13-15-4-6-17(23)7-5-15)14-25-18(12-16-8-11-30-20(16)25)19(27)26(22)9-3-10-29-2/h4-8,11-12H,3,9-10,13-14H2,1-2H3,(H,24,28)/t22-/m0/s1. The molecule has 158 valence electrons. The zero-order chi connectivity index (χ0) is 21.3. The highest BCUT2D eigenvalue weighted by Gasteiger charge is 2.47. The second kappa shape index (κ2) is 8.41. The van der Waals surface area contributed by atoms with Crippen molar-refractivity contribution < 1.29 is 14.3 Å². The summed E-state index contributed by atoms with van der Waals surface area (Å²) in [5, 5.41) is 6.71. The molecule has 1 atom stereocenters. The van der Waals surface area contributed by atoms with Crippen LogP contribution in [0.3, 0.4) is 0 Å². The van der Waals surface area contributed by atoms with Crippen molar-refractivity contribution in [2.24, 2.45) is 0 Å². The smallest absolute Gasteiger partial charge is 0.271 e. The average Bonchev–Trinajstić information content (AvgIpc) is 3.32. The molecule has 0 spiro atoms. The van der Waals surface area contributed by atoms with E-state index in [0.717, 1.165) is 15.8 Å². The van der Waals surface area contributed by atoms with E-state index >= 15 is 0 Å². The van der Waals surface area contributed by atoms with Crippen LogP contribution in [-0.4, -0.2) is 47.1 Å². The molecule has 0 unspecified atom stereocenters. The van der Waals surface area contributed by atoms with Gasteiger partial charge >= 0.3 is 0 Å². The highest BCUT2D eigenvalue weighted by molar-refractivity contribution is 7.16. The van der Waals surface area contributed by atoms with Crippen LogP contribution >= 0.6 is 22.9 Å². The molecule has 3 heterocycles. The van der Waals surface area contributed by atoms with Gasteiger partial charge in [0.15, 0.2) is 0 Å². The van der Waals surface area contributed by atoms with Gasteiger partial charge in [0.2, 0.25) is 5.91 Å². The van der Waals surface area contributed by atoms with Crippen LogP contribution in [0.25, 0.3) is 10.2 Å². The second-order valence-corrected chi connectivity index (χ2v) is 9.01. The molecule has 1 aromatic carbocycles. The molecular formula is C22H24ClN3O3S. The van der Waals surface area contributed by atoms with E-state index in [1.54, 1.807) is 35.5 Å². The zero-order valence-corrected chi connectivity index (χ0v) is 18.6. The molecule has 0 saturated heterocycles. The van der Waals surface area contributed by atoms with Crippen LogP contribution in [0.1, 0.15) is 29.4 Å². The van der Waals surface area contributed by atoms with Crippen LogP contribution in [0.4, 0.5) is 0 Å². The van der Waals surface area contributed by atoms with Gasteiger partial charge in [-0.2, -0.15) is 0 Å². The molecule has 0 fully saturated rings. The number of ether oxygens (including phenoxy) is 1. The highest BCUT2D eigenvalue weighted by Crippen LogP contribution is 2.34. The first-order valence-corrected chi connectivity index (χ1v) is 11.1. The summed E-state index contributed by atoms with van der Waals surface area (Å²) in [4.78, 5) is 29.5. The summed E-state index contributed by atoms with van der Waals surface area (Å²) in [6, 6.07) is 11.3. The first-order chi connectivity index (χ1) is 14.4. The Labute approximate surface area is 184 Å². The lowest BCUT2D eigenvalue weighted by atomic mass is 9.94. The van der Waals surface area contributed by atoms with Gasteiger partial charge in [-0.3, -0.25) is 9.59 Å². The number of benzene rings is 1. The summed E-state index contributed by atoms with van der Waals surface area (Å²) in [5.41, 5.74) is 0.587. The van der Waals surface area contributed by atoms with E-state index in [2.05, 4.69) is 5.32 Å². The van der Waals surface area contributed by atoms with E-state index in [1.165, 1.54) is 0 Å². The van der Waals surface area contributed by atoms with Gasteiger partial charge in [-0.25, -0.2) is 0 Å². The Morgan fingerprint density at radius 2 is 2.07 bits per heavy atom. The lowest BCUT2D eigenvalue weighted by Crippen LogP contribution is -2.64. The van der Waals surface area contributed by atoms with Crippen molar-refractivity contribution in [2.45, 2.75) is 32.0 Å². The third kappa shape index (κ3) is 3.73. The SMILES string of the molecule is COCCCN1C(=O)c2cc3ccsc3n2C[C@@]1(C)C(=O)NCc1ccc(Cl)cc1. The monoisotopic (exact) mass is 445 g/mol. The third-order valence-corrected chi connectivity index (χ3v) is 6.82. The summed E-state index contributed by atoms with van der Waals surface area (Å²) in [5.74, 6) is -0.294. The van der Waals surface area contributed by atoms with Crippen molar-refractivity contribution in [1.82, 2.24) is 14.8 Å². The molecule has 0 bridgehead atoms. The normalized spacial score (nSPS) is 18.6. The van der Waals surface area contributed by atoms with Gasteiger partial charge in [0.25, 0.3) is 5.91 Å². The number of hydrogen-bond donors (Lipinski definition) is 1. The van der Waals surface area contributed by atoms with Crippen molar-refractivity contribution >= 4 is 45.0 Å². The predicted octanol–water partition coefficient (Wildman–Crippen LogP) is 3.92. The number of carbonyl (C=O) groups is 2. The van der Waals surface area contributed by atoms with Crippen LogP contribution in [0, 0.1) is 0 Å². The quantitative estimate of drug-likeness (QED) is 0.560. The second-order valence-electron chi connectivity index (χ2n) is 7.68. The van der Waals surface area contributed by atoms with Crippen LogP contribution in [-0.2, 0) is 22.6 Å². The van der Waals surface area contributed by atoms with Gasteiger partial charge in [-0.1, -0.05) is 23.7 Å². The van der Waals surface area contributed by atoms with Gasteiger partial charge in [-0.05, 0) is 48.6 Å². The lowest BCUT2D eigenvalue weighted by Gasteiger charge is -2.44. The maximum Gasteiger partial charge on any atom is 0.271 e. The molecule has 30 heavy (non-hydrogen) atoms. The van der Waals surface area contributed by atoms with Crippen molar-refractivity contribution in [1.29, 1.82) is 0 Å². The van der Waals surface area contributed by atoms with E-state index in [-0.39, 0.29) is 11.8 Å². The van der Waals surface area contributed by atoms with Gasteiger partial charge in [0.05, 0.1) is 6.54 Å². The highest BCUT2D eigenvalue weighted by atomic mass is 35.5. The third-order valence-electron chi connectivity index (χ3n) is 5.61. The van der Waals surface area contributed by atoms with Gasteiger partial charge in [0, 0.05) is 37.2 Å². The Hall–Kier alpha value is -2.35. The Kier molecular flexibility index (Phi) is 5.86. The van der Waals surface area contributed by atoms with Crippen molar-refractivity contribution in [3.63, 3.8) is 0 Å². The molecule has 0 radical (unpaired) electrons. The van der Waals surface area contributed by atoms with Crippen molar-refractivity contribution in [3.8, 4) is 0 Å². The number of aromatic nitrogens is 1. The minimum Gasteiger partial charge on any atom is -0.385 e. The van der Waals surface area contributed by atoms with Crippen LogP contribution in [0.15, 0.2) is 41.8 Å². The van der Waals surface area contributed by atoms with Crippen LogP contribution in [0.5, 0.6) is 0 Å². The Balaban J connectivity index is 1.62. The molecule has 6 nitrogen and oxygen atoms in total. The summed E-state index contributed by atoms with van der Waals surface area (Å²) >= 11 is 7.53.